The molecule has 1 amide bonds. The van der Waals surface area contributed by atoms with Crippen molar-refractivity contribution in [2.75, 3.05) is 13.1 Å². The van der Waals surface area contributed by atoms with Crippen molar-refractivity contribution in [1.29, 1.82) is 0 Å². The average Bonchev–Trinajstić information content (AvgIpc) is 3.48. The predicted molar refractivity (Wildman–Crippen MR) is 105 cm³/mol. The highest BCUT2D eigenvalue weighted by Crippen LogP contribution is 2.28. The Morgan fingerprint density at radius 1 is 1.14 bits per heavy atom. The Balaban J connectivity index is 1.36. The molecule has 1 aliphatic heterocycles. The number of carbonyl (C=O) groups excluding carboxylic acids is 1. The fourth-order valence-electron chi connectivity index (χ4n) is 3.71. The van der Waals surface area contributed by atoms with Gasteiger partial charge >= 0.3 is 0 Å². The molecule has 0 N–H and O–H groups in total. The maximum atomic E-state index is 12.7. The Bertz CT molecular complexity index is 1120. The lowest BCUT2D eigenvalue weighted by Crippen LogP contribution is -2.39. The summed E-state index contributed by atoms with van der Waals surface area (Å²) in [6.07, 6.45) is 3.34. The van der Waals surface area contributed by atoms with E-state index in [0.29, 0.717) is 18.8 Å². The molecule has 1 saturated heterocycles. The molecule has 1 fully saturated rings. The summed E-state index contributed by atoms with van der Waals surface area (Å²) in [6.45, 7) is 1.38. The number of hydrogen-bond donors (Lipinski definition) is 0. The molecule has 0 aromatic carbocycles. The van der Waals surface area contributed by atoms with Crippen LogP contribution in [0.25, 0.3) is 16.9 Å². The standard InChI is InChI=1S/C19H19N7OS/c1-24-16(4-8-20-24)19(27)25-9-5-13(6-10-25)18-22-21-17-3-2-15(23-26(17)18)14-7-11-28-12-14/h2-4,7-8,11-13H,5-6,9-10H2,1H3. The van der Waals surface area contributed by atoms with Crippen molar-refractivity contribution in [3.8, 4) is 11.3 Å². The SMILES string of the molecule is Cn1nccc1C(=O)N1CCC(c2nnc3ccc(-c4ccsc4)nn23)CC1. The van der Waals surface area contributed by atoms with Gasteiger partial charge in [-0.05, 0) is 42.5 Å². The van der Waals surface area contributed by atoms with E-state index < -0.39 is 0 Å². The molecule has 5 rings (SSSR count). The average molecular weight is 393 g/mol. The Labute approximate surface area is 165 Å². The molecule has 5 heterocycles. The minimum Gasteiger partial charge on any atom is -0.337 e. The molecule has 0 aliphatic carbocycles. The van der Waals surface area contributed by atoms with Gasteiger partial charge in [0.2, 0.25) is 0 Å². The van der Waals surface area contributed by atoms with Gasteiger partial charge in [0.25, 0.3) is 5.91 Å². The number of thiophene rings is 1. The van der Waals surface area contributed by atoms with Crippen molar-refractivity contribution < 1.29 is 4.79 Å². The Hall–Kier alpha value is -3.07. The zero-order chi connectivity index (χ0) is 19.1. The number of hydrogen-bond acceptors (Lipinski definition) is 6. The molecule has 28 heavy (non-hydrogen) atoms. The van der Waals surface area contributed by atoms with Crippen molar-refractivity contribution in [1.82, 2.24) is 34.5 Å². The minimum atomic E-state index is 0.0300. The maximum absolute atomic E-state index is 12.7. The molecule has 0 radical (unpaired) electrons. The second kappa shape index (κ2) is 6.83. The van der Waals surface area contributed by atoms with Crippen molar-refractivity contribution in [3.63, 3.8) is 0 Å². The second-order valence-electron chi connectivity index (χ2n) is 6.97. The zero-order valence-electron chi connectivity index (χ0n) is 15.4. The van der Waals surface area contributed by atoms with Gasteiger partial charge in [0.1, 0.15) is 5.69 Å². The molecule has 0 bridgehead atoms. The molecule has 0 atom stereocenters. The van der Waals surface area contributed by atoms with Crippen molar-refractivity contribution in [2.45, 2.75) is 18.8 Å². The fraction of sp³-hybridized carbons (Fsp3) is 0.316. The lowest BCUT2D eigenvalue weighted by Gasteiger charge is -2.31. The first-order valence-corrected chi connectivity index (χ1v) is 10.2. The Morgan fingerprint density at radius 3 is 2.71 bits per heavy atom. The zero-order valence-corrected chi connectivity index (χ0v) is 16.2. The van der Waals surface area contributed by atoms with Crippen LogP contribution in [-0.2, 0) is 7.05 Å². The molecule has 142 valence electrons. The van der Waals surface area contributed by atoms with Crippen LogP contribution in [0.15, 0.2) is 41.2 Å². The molecule has 1 aliphatic rings. The van der Waals surface area contributed by atoms with Crippen molar-refractivity contribution in [3.05, 3.63) is 52.7 Å². The van der Waals surface area contributed by atoms with Crippen LogP contribution in [0.1, 0.15) is 35.1 Å². The van der Waals surface area contributed by atoms with E-state index in [1.165, 1.54) is 0 Å². The van der Waals surface area contributed by atoms with Crippen LogP contribution in [-0.4, -0.2) is 53.5 Å². The van der Waals surface area contributed by atoms with Gasteiger partial charge in [-0.1, -0.05) is 0 Å². The van der Waals surface area contributed by atoms with Gasteiger partial charge in [0, 0.05) is 43.2 Å². The van der Waals surface area contributed by atoms with Crippen LogP contribution in [0.3, 0.4) is 0 Å². The first kappa shape index (κ1) is 17.1. The highest BCUT2D eigenvalue weighted by atomic mass is 32.1. The number of piperidine rings is 1. The first-order valence-electron chi connectivity index (χ1n) is 9.23. The molecule has 0 unspecified atom stereocenters. The number of aromatic nitrogens is 6. The van der Waals surface area contributed by atoms with Crippen LogP contribution in [0, 0.1) is 0 Å². The third kappa shape index (κ3) is 2.88. The summed E-state index contributed by atoms with van der Waals surface area (Å²) < 4.78 is 3.48. The molecule has 4 aromatic heterocycles. The normalized spacial score (nSPS) is 15.4. The van der Waals surface area contributed by atoms with Gasteiger partial charge < -0.3 is 4.90 Å². The van der Waals surface area contributed by atoms with Crippen molar-refractivity contribution in [2.24, 2.45) is 7.05 Å². The van der Waals surface area contributed by atoms with E-state index in [-0.39, 0.29) is 11.8 Å². The van der Waals surface area contributed by atoms with Crippen LogP contribution in [0.5, 0.6) is 0 Å². The molecular weight excluding hydrogens is 374 g/mol. The van der Waals surface area contributed by atoms with Crippen LogP contribution >= 0.6 is 11.3 Å². The summed E-state index contributed by atoms with van der Waals surface area (Å²) in [5.74, 6) is 1.14. The number of aryl methyl sites for hydroxylation is 1. The number of fused-ring (bicyclic) bond motifs is 1. The van der Waals surface area contributed by atoms with Gasteiger partial charge in [0.05, 0.1) is 5.69 Å². The number of nitrogens with zero attached hydrogens (tertiary/aromatic N) is 7. The van der Waals surface area contributed by atoms with Gasteiger partial charge in [-0.25, -0.2) is 0 Å². The number of carbonyl (C=O) groups is 1. The minimum absolute atomic E-state index is 0.0300. The van der Waals surface area contributed by atoms with Gasteiger partial charge in [0.15, 0.2) is 11.5 Å². The maximum Gasteiger partial charge on any atom is 0.272 e. The monoisotopic (exact) mass is 393 g/mol. The summed E-state index contributed by atoms with van der Waals surface area (Å²) in [7, 11) is 1.79. The third-order valence-electron chi connectivity index (χ3n) is 5.29. The summed E-state index contributed by atoms with van der Waals surface area (Å²) >= 11 is 1.65. The lowest BCUT2D eigenvalue weighted by atomic mass is 9.96. The van der Waals surface area contributed by atoms with Crippen LogP contribution in [0.4, 0.5) is 0 Å². The van der Waals surface area contributed by atoms with E-state index in [0.717, 1.165) is 35.6 Å². The second-order valence-corrected chi connectivity index (χ2v) is 7.75. The summed E-state index contributed by atoms with van der Waals surface area (Å²) in [4.78, 5) is 14.6. The lowest BCUT2D eigenvalue weighted by molar-refractivity contribution is 0.0699. The van der Waals surface area contributed by atoms with E-state index in [1.54, 1.807) is 35.3 Å². The molecule has 8 nitrogen and oxygen atoms in total. The van der Waals surface area contributed by atoms with Crippen LogP contribution in [0.2, 0.25) is 0 Å². The van der Waals surface area contributed by atoms with Crippen molar-refractivity contribution >= 4 is 22.9 Å². The summed E-state index contributed by atoms with van der Waals surface area (Å²) in [5, 5.41) is 21.7. The van der Waals surface area contributed by atoms with E-state index in [9.17, 15) is 4.79 Å². The fourth-order valence-corrected chi connectivity index (χ4v) is 4.36. The molecule has 4 aromatic rings. The molecule has 9 heteroatoms. The smallest absolute Gasteiger partial charge is 0.272 e. The molecular formula is C19H19N7OS. The van der Waals surface area contributed by atoms with E-state index in [4.69, 9.17) is 5.10 Å². The number of rotatable bonds is 3. The molecule has 0 spiro atoms. The third-order valence-corrected chi connectivity index (χ3v) is 5.97. The number of likely N-dealkylation sites (tertiary alicyclic amines) is 1. The highest BCUT2D eigenvalue weighted by Gasteiger charge is 2.28. The summed E-state index contributed by atoms with van der Waals surface area (Å²) in [6, 6.07) is 7.75. The molecule has 0 saturated carbocycles. The van der Waals surface area contributed by atoms with Gasteiger partial charge in [-0.15, -0.1) is 10.2 Å². The topological polar surface area (TPSA) is 81.2 Å². The Morgan fingerprint density at radius 2 is 2.00 bits per heavy atom. The largest absolute Gasteiger partial charge is 0.337 e. The van der Waals surface area contributed by atoms with Gasteiger partial charge in [-0.2, -0.15) is 26.0 Å². The number of amides is 1. The highest BCUT2D eigenvalue weighted by molar-refractivity contribution is 7.08. The van der Waals surface area contributed by atoms with E-state index in [2.05, 4.69) is 26.7 Å². The van der Waals surface area contributed by atoms with Gasteiger partial charge in [-0.3, -0.25) is 9.48 Å². The van der Waals surface area contributed by atoms with Crippen LogP contribution < -0.4 is 0 Å². The predicted octanol–water partition coefficient (Wildman–Crippen LogP) is 2.61. The summed E-state index contributed by atoms with van der Waals surface area (Å²) in [5.41, 5.74) is 3.39. The first-order chi connectivity index (χ1) is 13.7. The van der Waals surface area contributed by atoms with E-state index >= 15 is 0 Å². The quantitative estimate of drug-likeness (QED) is 0.534. The Kier molecular flexibility index (Phi) is 4.16. The van der Waals surface area contributed by atoms with E-state index in [1.807, 2.05) is 26.9 Å².